The van der Waals surface area contributed by atoms with Crippen LogP contribution in [0, 0.1) is 17.7 Å². The number of fused-ring (bicyclic) bond motifs is 3. The number of rotatable bonds is 20. The van der Waals surface area contributed by atoms with Crippen molar-refractivity contribution in [2.45, 2.75) is 108 Å². The Morgan fingerprint density at radius 1 is 0.835 bits per heavy atom. The van der Waals surface area contributed by atoms with Crippen molar-refractivity contribution in [2.24, 2.45) is 17.0 Å². The number of esters is 1. The molecule has 0 saturated carbocycles. The molecule has 3 heterocycles. The van der Waals surface area contributed by atoms with Gasteiger partial charge in [0.2, 0.25) is 10.0 Å². The molecule has 1 aliphatic heterocycles. The molecule has 0 spiro atoms. The Morgan fingerprint density at radius 2 is 1.42 bits per heavy atom. The minimum absolute atomic E-state index is 0.00777. The van der Waals surface area contributed by atoms with E-state index < -0.39 is 33.2 Å². The van der Waals surface area contributed by atoms with E-state index >= 15 is 0 Å². The van der Waals surface area contributed by atoms with Crippen LogP contribution in [0.5, 0.6) is 0 Å². The summed E-state index contributed by atoms with van der Waals surface area (Å²) in [5, 5.41) is 22.9. The average Bonchev–Trinajstić information content (AvgIpc) is 2.52. The van der Waals surface area contributed by atoms with E-state index in [4.69, 9.17) is 24.2 Å². The number of nitrogens with one attached hydrogen (secondary N) is 3. The minimum atomic E-state index is -3.56. The molecule has 10 rings (SSSR count). The van der Waals surface area contributed by atoms with Crippen LogP contribution in [0.1, 0.15) is 112 Å². The topological polar surface area (TPSA) is 249 Å². The van der Waals surface area contributed by atoms with E-state index in [2.05, 4.69) is 51.6 Å². The van der Waals surface area contributed by atoms with Gasteiger partial charge in [-0.1, -0.05) is 173 Å². The smallest absolute Gasteiger partial charge is 0.332 e. The van der Waals surface area contributed by atoms with Crippen molar-refractivity contribution in [3.8, 4) is 0 Å². The molecule has 17 nitrogen and oxygen atoms in total. The number of hydrogen-bond acceptors (Lipinski definition) is 12. The quantitative estimate of drug-likeness (QED) is 0.0352. The van der Waals surface area contributed by atoms with E-state index in [1.54, 1.807) is 30.3 Å². The number of carbonyl (C=O) groups is 4. The number of nitrogens with two attached hydrogens (primary N) is 1. The van der Waals surface area contributed by atoms with Crippen molar-refractivity contribution in [3.63, 3.8) is 0 Å². The van der Waals surface area contributed by atoms with Gasteiger partial charge in [0, 0.05) is 37.8 Å². The molecule has 85 heavy (non-hydrogen) atoms. The van der Waals surface area contributed by atoms with Crippen LogP contribution in [0.3, 0.4) is 0 Å². The van der Waals surface area contributed by atoms with Crippen molar-refractivity contribution in [1.82, 2.24) is 30.7 Å². The number of imide groups is 1. The zero-order chi connectivity index (χ0) is 61.4. The van der Waals surface area contributed by atoms with Gasteiger partial charge in [-0.2, -0.15) is 0 Å². The number of benzene rings is 6. The molecule has 0 bridgehead atoms. The predicted molar refractivity (Wildman–Crippen MR) is 328 cm³/mol. The molecular formula is C66H80FN7O10S. The third kappa shape index (κ3) is 18.9. The number of ether oxygens (including phenoxy) is 2. The van der Waals surface area contributed by atoms with Crippen LogP contribution in [0.15, 0.2) is 168 Å². The van der Waals surface area contributed by atoms with Gasteiger partial charge in [-0.3, -0.25) is 14.9 Å². The number of urea groups is 1. The normalized spacial score (nSPS) is 15.9. The lowest BCUT2D eigenvalue weighted by Crippen LogP contribution is -2.49. The number of amides is 3. The fourth-order valence-electron chi connectivity index (χ4n) is 10.9. The number of aromatic amines is 1. The number of carboxylic acids is 1. The highest BCUT2D eigenvalue weighted by Crippen LogP contribution is 2.48. The van der Waals surface area contributed by atoms with E-state index in [1.165, 1.54) is 13.2 Å². The summed E-state index contributed by atoms with van der Waals surface area (Å²) in [5.41, 5.74) is 4.78. The molecule has 0 unspecified atom stereocenters. The first kappa shape index (κ1) is 66.0. The number of primary sulfonamides is 1. The number of imidazole rings is 1. The number of hydrogen-bond donors (Lipinski definition) is 5. The van der Waals surface area contributed by atoms with Crippen LogP contribution in [0.2, 0.25) is 0 Å². The van der Waals surface area contributed by atoms with E-state index in [-0.39, 0.29) is 47.8 Å². The molecule has 0 radical (unpaired) electrons. The fourth-order valence-corrected chi connectivity index (χ4v) is 11.5. The number of para-hydroxylation sites is 3. The van der Waals surface area contributed by atoms with Gasteiger partial charge < -0.3 is 34.3 Å². The SMILES string of the molecule is CCCC(CCC)C(=O)O.COCC(=O)O[C@]1(CCN(C)CCCc2nc3ccccc3[nH]2)CCc2cc(F)ccc2[C@@H]1C(C)C.NS(=O)(=O)Cc1noc2ccccc12.O=C1NC(=O)C(c2ccccc2)(c2ccccc2)N1.c1ccccc1. The van der Waals surface area contributed by atoms with Crippen LogP contribution in [-0.4, -0.2) is 96.9 Å². The lowest BCUT2D eigenvalue weighted by Gasteiger charge is -2.47. The summed E-state index contributed by atoms with van der Waals surface area (Å²) in [6.45, 7) is 9.97. The maximum Gasteiger partial charge on any atom is 0.332 e. The average molecular weight is 1180 g/mol. The Hall–Kier alpha value is -8.10. The lowest BCUT2D eigenvalue weighted by molar-refractivity contribution is -0.172. The number of nitrogens with zero attached hydrogens (tertiary/aromatic N) is 3. The van der Waals surface area contributed by atoms with Gasteiger partial charge in [0.15, 0.2) is 11.1 Å². The first-order chi connectivity index (χ1) is 40.8. The van der Waals surface area contributed by atoms with E-state index in [1.807, 2.05) is 141 Å². The molecule has 2 atom stereocenters. The summed E-state index contributed by atoms with van der Waals surface area (Å²) in [6.07, 6.45) is 7.51. The summed E-state index contributed by atoms with van der Waals surface area (Å²) in [6, 6.07) is 50.1. The molecule has 1 aliphatic carbocycles. The molecule has 2 aromatic heterocycles. The minimum Gasteiger partial charge on any atom is -0.481 e. The van der Waals surface area contributed by atoms with Gasteiger partial charge in [0.1, 0.15) is 35.3 Å². The summed E-state index contributed by atoms with van der Waals surface area (Å²) in [4.78, 5) is 57.4. The van der Waals surface area contributed by atoms with Crippen LogP contribution < -0.4 is 15.8 Å². The van der Waals surface area contributed by atoms with E-state index in [0.717, 1.165) is 90.7 Å². The highest BCUT2D eigenvalue weighted by Gasteiger charge is 2.50. The van der Waals surface area contributed by atoms with Crippen molar-refractivity contribution >= 4 is 55.9 Å². The monoisotopic (exact) mass is 1180 g/mol. The lowest BCUT2D eigenvalue weighted by atomic mass is 9.65. The molecule has 3 amide bonds. The summed E-state index contributed by atoms with van der Waals surface area (Å²) in [7, 11) is 0.0525. The Labute approximate surface area is 497 Å². The van der Waals surface area contributed by atoms with Crippen LogP contribution >= 0.6 is 0 Å². The van der Waals surface area contributed by atoms with Crippen LogP contribution in [0.4, 0.5) is 9.18 Å². The second kappa shape index (κ2) is 32.3. The van der Waals surface area contributed by atoms with Gasteiger partial charge in [0.25, 0.3) is 5.91 Å². The maximum absolute atomic E-state index is 14.0. The molecule has 2 aliphatic rings. The summed E-state index contributed by atoms with van der Waals surface area (Å²) in [5.74, 6) is -0.733. The Bertz CT molecular complexity index is 3390. The molecule has 452 valence electrons. The number of carboxylic acid groups (broad SMARTS) is 1. The molecule has 6 N–H and O–H groups in total. The Morgan fingerprint density at radius 3 is 1.98 bits per heavy atom. The molecule has 8 aromatic rings. The Kier molecular flexibility index (Phi) is 25.1. The molecule has 1 saturated heterocycles. The summed E-state index contributed by atoms with van der Waals surface area (Å²) >= 11 is 0. The summed E-state index contributed by atoms with van der Waals surface area (Å²) < 4.78 is 51.9. The van der Waals surface area contributed by atoms with Gasteiger partial charge >= 0.3 is 18.0 Å². The third-order valence-electron chi connectivity index (χ3n) is 14.7. The number of carbonyl (C=O) groups excluding carboxylic acids is 3. The first-order valence-corrected chi connectivity index (χ1v) is 30.5. The highest BCUT2D eigenvalue weighted by molar-refractivity contribution is 7.88. The number of aromatic nitrogens is 3. The molecular weight excluding hydrogens is 1100 g/mol. The highest BCUT2D eigenvalue weighted by atomic mass is 32.2. The van der Waals surface area contributed by atoms with Gasteiger partial charge in [-0.25, -0.2) is 32.5 Å². The van der Waals surface area contributed by atoms with Gasteiger partial charge in [0.05, 0.1) is 17.0 Å². The van der Waals surface area contributed by atoms with Gasteiger partial charge in [-0.05, 0) is 110 Å². The molecule has 19 heteroatoms. The van der Waals surface area contributed by atoms with Crippen LogP contribution in [-0.2, 0) is 58.0 Å². The van der Waals surface area contributed by atoms with Crippen LogP contribution in [0.25, 0.3) is 22.0 Å². The number of methoxy groups -OCH3 is 1. The predicted octanol–water partition coefficient (Wildman–Crippen LogP) is 11.6. The zero-order valence-electron chi connectivity index (χ0n) is 49.3. The van der Waals surface area contributed by atoms with Crippen molar-refractivity contribution in [3.05, 3.63) is 203 Å². The van der Waals surface area contributed by atoms with E-state index in [9.17, 15) is 32.0 Å². The van der Waals surface area contributed by atoms with Gasteiger partial charge in [-0.15, -0.1) is 0 Å². The number of aliphatic carboxylic acids is 1. The largest absolute Gasteiger partial charge is 0.481 e. The van der Waals surface area contributed by atoms with Crippen molar-refractivity contribution in [1.29, 1.82) is 0 Å². The third-order valence-corrected chi connectivity index (χ3v) is 15.4. The standard InChI is InChI=1S/C29H38FN3O3.C15H12N2O2.C8H8N2O3S.C8H16O2.C6H6/c1-20(2)28-23-12-11-22(30)18-21(23)13-14-29(28,36-27(34)19-35-4)15-17-33(3)16-7-10-26-31-24-8-5-6-9-25(24)32-26;18-13-15(17-14(19)16-13,11-7-3-1-4-8-11)12-9-5-2-6-10-12;9-14(11,12)5-7-6-3-1-2-4-8(6)13-10-7;1-3-5-7(6-4-2)8(9)10;1-2-4-6-5-3-1/h5-6,8-9,11-12,18,20,28H,7,10,13-17,19H2,1-4H3,(H,31,32);1-10H,(H2,16,17,18,19);1-4H,5H2,(H2,9,11,12);7H,3-6H2,1-2H3,(H,9,10);1-6H/t28-,29-;;;;/m0..../s1. The van der Waals surface area contributed by atoms with E-state index in [0.29, 0.717) is 35.9 Å². The van der Waals surface area contributed by atoms with Crippen molar-refractivity contribution in [2.75, 3.05) is 33.9 Å². The number of H-pyrrole nitrogens is 1. The number of aryl methyl sites for hydroxylation is 2. The molecule has 6 aromatic carbocycles. The second-order valence-corrected chi connectivity index (χ2v) is 23.1. The fraction of sp³-hybridized carbons (Fsp3) is 0.364. The van der Waals surface area contributed by atoms with Crippen molar-refractivity contribution < 1.29 is 51.1 Å². The molecule has 1 fully saturated rings. The number of halogens is 1. The zero-order valence-corrected chi connectivity index (χ0v) is 50.2. The second-order valence-electron chi connectivity index (χ2n) is 21.5. The Balaban J connectivity index is 0.000000196. The number of sulfonamides is 1. The maximum atomic E-state index is 14.0. The first-order valence-electron chi connectivity index (χ1n) is 28.7.